The summed E-state index contributed by atoms with van der Waals surface area (Å²) in [5, 5.41) is 57.7. The second-order valence-electron chi connectivity index (χ2n) is 31.5. The zero-order chi connectivity index (χ0) is 99.4. The van der Waals surface area contributed by atoms with Crippen LogP contribution in [0.5, 0.6) is 23.0 Å². The first-order chi connectivity index (χ1) is 68.5. The maximum atomic E-state index is 13.5. The number of methoxy groups -OCH3 is 1. The van der Waals surface area contributed by atoms with E-state index in [-0.39, 0.29) is 103 Å². The molecule has 0 bridgehead atoms. The number of piperidine rings is 1. The number of halogens is 8. The van der Waals surface area contributed by atoms with Gasteiger partial charge in [-0.2, -0.15) is 75.9 Å². The van der Waals surface area contributed by atoms with Gasteiger partial charge in [0.2, 0.25) is 0 Å². The third kappa shape index (κ3) is 20.7. The highest BCUT2D eigenvalue weighted by atomic mass is 32.2. The normalized spacial score (nSPS) is 13.9. The molecule has 14 aromatic heterocycles. The summed E-state index contributed by atoms with van der Waals surface area (Å²) in [7, 11) is 2.86. The number of benzene rings is 4. The summed E-state index contributed by atoms with van der Waals surface area (Å²) in [4.78, 5) is 110. The van der Waals surface area contributed by atoms with E-state index in [4.69, 9.17) is 23.7 Å². The molecule has 0 saturated carbocycles. The minimum Gasteiger partial charge on any atom is -0.468 e. The van der Waals surface area contributed by atoms with Gasteiger partial charge >= 0.3 is 32.4 Å². The number of aromatic amines is 2. The number of hydrogen-bond acceptors (Lipinski definition) is 30. The first-order valence-electron chi connectivity index (χ1n) is 42.8. The third-order valence-electron chi connectivity index (χ3n) is 22.0. The van der Waals surface area contributed by atoms with Crippen molar-refractivity contribution in [3.8, 4) is 68.0 Å². The molecular weight excluding hydrogens is 1940 g/mol. The molecule has 5 amide bonds. The Morgan fingerprint density at radius 3 is 1.36 bits per heavy atom. The quantitative estimate of drug-likeness (QED) is 0.0158. The summed E-state index contributed by atoms with van der Waals surface area (Å²) < 4.78 is 140. The molecule has 0 radical (unpaired) electrons. The van der Waals surface area contributed by atoms with Gasteiger partial charge in [-0.25, -0.2) is 38.0 Å². The molecule has 2 atom stereocenters. The molecule has 17 heterocycles. The van der Waals surface area contributed by atoms with Crippen LogP contribution in [0.15, 0.2) is 206 Å². The zero-order valence-electron chi connectivity index (χ0n) is 74.5. The molecule has 0 spiro atoms. The summed E-state index contributed by atoms with van der Waals surface area (Å²) >= 11 is 5.62. The highest BCUT2D eigenvalue weighted by molar-refractivity contribution is 8.00. The predicted molar refractivity (Wildman–Crippen MR) is 509 cm³/mol. The molecule has 21 rings (SSSR count). The number of H-pyrrole nitrogens is 2. The van der Waals surface area contributed by atoms with E-state index < -0.39 is 56.0 Å². The summed E-state index contributed by atoms with van der Waals surface area (Å²) in [6.07, 6.45) is 27.1. The van der Waals surface area contributed by atoms with Crippen LogP contribution in [0.2, 0.25) is 0 Å². The van der Waals surface area contributed by atoms with Gasteiger partial charge in [-0.05, 0) is 117 Å². The number of ether oxygens (including phenoxy) is 5. The highest BCUT2D eigenvalue weighted by Gasteiger charge is 2.33. The third-order valence-corrected chi connectivity index (χ3v) is 26.7. The van der Waals surface area contributed by atoms with Gasteiger partial charge < -0.3 is 60.5 Å². The highest BCUT2D eigenvalue weighted by Crippen LogP contribution is 2.49. The van der Waals surface area contributed by atoms with E-state index in [1.807, 2.05) is 11.8 Å². The topological polar surface area (TPSA) is 455 Å². The molecule has 726 valence electrons. The minimum atomic E-state index is -3.16. The number of amides is 5. The van der Waals surface area contributed by atoms with Crippen LogP contribution in [0.4, 0.5) is 69.2 Å². The van der Waals surface area contributed by atoms with Gasteiger partial charge in [-0.1, -0.05) is 13.5 Å². The fourth-order valence-electron chi connectivity index (χ4n) is 15.4. The monoisotopic (exact) mass is 2020 g/mol. The summed E-state index contributed by atoms with van der Waals surface area (Å²) in [5.41, 5.74) is 7.48. The van der Waals surface area contributed by atoms with Crippen LogP contribution in [0.3, 0.4) is 0 Å². The molecule has 4 aromatic carbocycles. The first kappa shape index (κ1) is 95.6. The number of nitrogens with one attached hydrogen (secondary N) is 8. The van der Waals surface area contributed by atoms with Gasteiger partial charge in [0.15, 0.2) is 28.4 Å². The Kier molecular flexibility index (Phi) is 27.7. The standard InChI is InChI=1S/C26H23F2N7O3S.C24H18F2N6O5S.C21H17F2N7O2S.C20H17F2N7O2S/c1-33-14-18(31-24(36)17-13-30-35-9-5-6-29-23(17)35)22(32-33)16-12-20-15(10-19(16)38-26(27)28)11-21(39-20)25(37)34-7-3-2-4-8-34;1-12(33)18-7-13-6-17(37-24(25)26)14(8-19(13)38-18)21-16(10-31(30-21)11-20(34)36-2)29-23(35)15-9-28-32-5-3-4-27-22(15)32;1-10-11(2)33-17-6-12(16(32-21(22)23)7-14(17)27-10)18-15(9-25-29-18)28-20(31)13-8-26-30-5-3-4-24-19(13)30;1-10-7-24-13-6-15(31-20(21)22)11(5-16(13)32-10)17-14(9-25-28-17)27-19(30)12-8-26-29-4-2-3-23-18(12)29/h5-6,9-14,26H,2-4,7-8H2,1H3,(H,31,36);3-10,24H,11H2,1-2H3,(H,29,35);3-9,11,21,27H,1H2,2H3,(H,25,29)(H,28,31);2-6,8-10,20,24H,7H2,1H3,(H,25,28)(H,27,30). The number of ketones is 1. The first-order valence-corrected chi connectivity index (χ1v) is 46.2. The Balaban J connectivity index is 0.000000125. The number of hydrogen-bond donors (Lipinski definition) is 8. The zero-order valence-corrected chi connectivity index (χ0v) is 77.8. The van der Waals surface area contributed by atoms with E-state index in [1.54, 1.807) is 129 Å². The fourth-order valence-corrected chi connectivity index (χ4v) is 19.5. The smallest absolute Gasteiger partial charge is 0.387 e. The molecule has 18 aromatic rings. The lowest BCUT2D eigenvalue weighted by Gasteiger charge is -2.26. The van der Waals surface area contributed by atoms with Gasteiger partial charge in [0.25, 0.3) is 29.5 Å². The van der Waals surface area contributed by atoms with Gasteiger partial charge in [0.1, 0.15) is 63.2 Å². The number of thioether (sulfide) groups is 2. The maximum absolute atomic E-state index is 13.5. The van der Waals surface area contributed by atoms with Crippen LogP contribution in [-0.2, 0) is 23.1 Å². The van der Waals surface area contributed by atoms with E-state index in [2.05, 4.69) is 116 Å². The largest absolute Gasteiger partial charge is 0.468 e. The lowest BCUT2D eigenvalue weighted by atomic mass is 10.1. The van der Waals surface area contributed by atoms with Crippen LogP contribution in [0.25, 0.3) is 87.8 Å². The number of aromatic nitrogens is 20. The molecule has 142 heavy (non-hydrogen) atoms. The van der Waals surface area contributed by atoms with E-state index in [9.17, 15) is 68.7 Å². The molecular formula is C91H75F8N27O12S4. The van der Waals surface area contributed by atoms with Gasteiger partial charge in [0, 0.05) is 158 Å². The van der Waals surface area contributed by atoms with E-state index in [1.165, 1.54) is 150 Å². The summed E-state index contributed by atoms with van der Waals surface area (Å²) in [6.45, 7) is -1.06. The molecule has 1 fully saturated rings. The summed E-state index contributed by atoms with van der Waals surface area (Å²) in [5.74, 6) is -3.31. The molecule has 1 saturated heterocycles. The van der Waals surface area contributed by atoms with Crippen molar-refractivity contribution in [2.75, 3.05) is 58.6 Å². The van der Waals surface area contributed by atoms with Crippen LogP contribution >= 0.6 is 46.2 Å². The number of alkyl halides is 8. The second kappa shape index (κ2) is 41.1. The van der Waals surface area contributed by atoms with Crippen LogP contribution in [0, 0.1) is 0 Å². The molecule has 2 unspecified atom stereocenters. The molecule has 8 N–H and O–H groups in total. The van der Waals surface area contributed by atoms with Crippen molar-refractivity contribution in [2.24, 2.45) is 7.05 Å². The van der Waals surface area contributed by atoms with Crippen molar-refractivity contribution in [3.63, 3.8) is 0 Å². The molecule has 3 aliphatic heterocycles. The predicted octanol–water partition coefficient (Wildman–Crippen LogP) is 17.1. The fraction of sp³-hybridized carbons (Fsp3) is 0.198. The van der Waals surface area contributed by atoms with Crippen molar-refractivity contribution < 1.29 is 92.4 Å². The number of fused-ring (bicyclic) bond motifs is 8. The number of esters is 1. The number of aryl methyl sites for hydroxylation is 1. The van der Waals surface area contributed by atoms with Crippen molar-refractivity contribution in [3.05, 3.63) is 228 Å². The number of rotatable bonds is 24. The SMILES string of the molecule is C=C1Nc2cc(OC(F)F)c(-c3[nH]ncc3NC(=O)c3cnn4cccnc34)cc2SC1C.CC1CNc2cc(OC(F)F)c(-c3[nH]ncc3NC(=O)c3cnn4cccnc34)cc2S1.COC(=O)Cn1cc(NC(=O)c2cnn3cccnc23)c(-c2cc3sc(C(C)=O)cc3cc2OC(F)F)n1.Cn1cc(NC(=O)c2cnn3cccnc23)c(-c2cc3sc(C(=O)N4CCCCC4)cc3cc2OC(F)F)n1. The number of likely N-dealkylation sites (tertiary alicyclic amines) is 1. The van der Waals surface area contributed by atoms with Crippen LogP contribution < -0.4 is 50.8 Å². The molecule has 0 aliphatic carbocycles. The molecule has 3 aliphatic rings. The molecule has 51 heteroatoms. The lowest BCUT2D eigenvalue weighted by Crippen LogP contribution is -2.35. The maximum Gasteiger partial charge on any atom is 0.387 e. The van der Waals surface area contributed by atoms with Gasteiger partial charge in [0.05, 0.1) is 99.6 Å². The Morgan fingerprint density at radius 2 is 0.908 bits per heavy atom. The van der Waals surface area contributed by atoms with Crippen LogP contribution in [0.1, 0.15) is 101 Å². The van der Waals surface area contributed by atoms with Gasteiger partial charge in [-0.3, -0.25) is 53.1 Å². The number of anilines is 6. The Hall–Kier alpha value is -16.7. The summed E-state index contributed by atoms with van der Waals surface area (Å²) in [6, 6.07) is 22.6. The Morgan fingerprint density at radius 1 is 0.493 bits per heavy atom. The lowest BCUT2D eigenvalue weighted by molar-refractivity contribution is -0.141. The number of thiophene rings is 2. The average Bonchev–Trinajstić information content (AvgIpc) is 1.57. The number of Topliss-reactive ketones (excluding diaryl/α,β-unsaturated/α-hetero) is 1. The van der Waals surface area contributed by atoms with E-state index in [0.29, 0.717) is 117 Å². The van der Waals surface area contributed by atoms with Crippen molar-refractivity contribution in [2.45, 2.75) is 93.3 Å². The van der Waals surface area contributed by atoms with E-state index >= 15 is 0 Å². The molecule has 39 nitrogen and oxygen atoms in total. The number of carbonyl (C=O) groups excluding carboxylic acids is 7. The van der Waals surface area contributed by atoms with Crippen LogP contribution in [-0.4, -0.2) is 208 Å². The Labute approximate surface area is 810 Å². The second-order valence-corrected chi connectivity index (χ2v) is 36.5. The van der Waals surface area contributed by atoms with Crippen molar-refractivity contribution in [1.82, 2.24) is 103 Å². The number of nitrogens with zero attached hydrogens (tertiary/aromatic N) is 19. The minimum absolute atomic E-state index is 0.0289. The number of carbonyl (C=O) groups is 7. The van der Waals surface area contributed by atoms with Gasteiger partial charge in [-0.15, -0.1) is 46.2 Å². The Bertz CT molecular complexity index is 7920. The van der Waals surface area contributed by atoms with Crippen molar-refractivity contribution in [1.29, 1.82) is 0 Å². The van der Waals surface area contributed by atoms with Crippen molar-refractivity contribution >= 4 is 164 Å². The van der Waals surface area contributed by atoms with E-state index in [0.717, 1.165) is 40.4 Å². The average molecular weight is 2020 g/mol.